The molecule has 0 saturated carbocycles. The molecule has 1 aromatic carbocycles. The molecule has 0 spiro atoms. The number of carbonyl (C=O) groups excluding carboxylic acids is 1. The molecule has 0 bridgehead atoms. The fraction of sp³-hybridized carbons (Fsp3) is 0.263. The lowest BCUT2D eigenvalue weighted by Gasteiger charge is -2.20. The zero-order valence-corrected chi connectivity index (χ0v) is 17.3. The third-order valence-electron chi connectivity index (χ3n) is 4.59. The van der Waals surface area contributed by atoms with Crippen LogP contribution in [0.4, 0.5) is 14.5 Å². The Morgan fingerprint density at radius 1 is 1.27 bits per heavy atom. The Bertz CT molecular complexity index is 1210. The number of anilines is 1. The fourth-order valence-electron chi connectivity index (χ4n) is 3.02. The van der Waals surface area contributed by atoms with Crippen molar-refractivity contribution in [3.05, 3.63) is 53.4 Å². The zero-order valence-electron chi connectivity index (χ0n) is 16.5. The maximum atomic E-state index is 15.1. The van der Waals surface area contributed by atoms with E-state index in [-0.39, 0.29) is 18.7 Å². The number of ether oxygens (including phenoxy) is 1. The number of carbonyl (C=O) groups is 1. The molecular formula is C19H20F2N4O4S. The molecule has 0 aliphatic carbocycles. The Kier molecular flexibility index (Phi) is 6.04. The number of halogens is 2. The predicted molar refractivity (Wildman–Crippen MR) is 108 cm³/mol. The molecule has 0 amide bonds. The van der Waals surface area contributed by atoms with E-state index < -0.39 is 38.9 Å². The molecule has 0 saturated heterocycles. The summed E-state index contributed by atoms with van der Waals surface area (Å²) in [5.74, 6) is -3.03. The highest BCUT2D eigenvalue weighted by atomic mass is 32.2. The van der Waals surface area contributed by atoms with Crippen molar-refractivity contribution in [3.8, 4) is 5.75 Å². The second-order valence-electron chi connectivity index (χ2n) is 6.28. The van der Waals surface area contributed by atoms with Crippen molar-refractivity contribution in [2.24, 2.45) is 0 Å². The molecule has 2 N–H and O–H groups in total. The van der Waals surface area contributed by atoms with Gasteiger partial charge in [-0.15, -0.1) is 0 Å². The van der Waals surface area contributed by atoms with Crippen molar-refractivity contribution in [2.45, 2.75) is 13.8 Å². The van der Waals surface area contributed by atoms with Gasteiger partial charge in [0.2, 0.25) is 5.78 Å². The number of rotatable bonds is 8. The van der Waals surface area contributed by atoms with Gasteiger partial charge in [0.05, 0.1) is 24.6 Å². The Labute approximate surface area is 172 Å². The van der Waals surface area contributed by atoms with Gasteiger partial charge in [-0.25, -0.2) is 13.8 Å². The van der Waals surface area contributed by atoms with E-state index in [1.54, 1.807) is 13.8 Å². The minimum Gasteiger partial charge on any atom is -0.495 e. The SMILES string of the molecule is CCN(CC)S(=O)(=O)Nc1ccc(F)c(C(=O)c2c[nH]c3ncc(OC)cc23)c1F. The highest BCUT2D eigenvalue weighted by molar-refractivity contribution is 7.90. The average Bonchev–Trinajstić information content (AvgIpc) is 3.13. The number of hydrogen-bond donors (Lipinski definition) is 2. The van der Waals surface area contributed by atoms with Crippen LogP contribution < -0.4 is 9.46 Å². The van der Waals surface area contributed by atoms with E-state index in [0.717, 1.165) is 16.4 Å². The van der Waals surface area contributed by atoms with Gasteiger partial charge in [-0.3, -0.25) is 9.52 Å². The van der Waals surface area contributed by atoms with Crippen molar-refractivity contribution in [1.29, 1.82) is 0 Å². The van der Waals surface area contributed by atoms with E-state index in [9.17, 15) is 17.6 Å². The van der Waals surface area contributed by atoms with Crippen LogP contribution in [0.2, 0.25) is 0 Å². The number of fused-ring (bicyclic) bond motifs is 1. The maximum Gasteiger partial charge on any atom is 0.301 e. The number of pyridine rings is 1. The normalized spacial score (nSPS) is 11.8. The third kappa shape index (κ3) is 3.85. The van der Waals surface area contributed by atoms with Crippen LogP contribution in [0.25, 0.3) is 11.0 Å². The third-order valence-corrected chi connectivity index (χ3v) is 6.26. The van der Waals surface area contributed by atoms with Gasteiger partial charge in [-0.1, -0.05) is 13.8 Å². The minimum atomic E-state index is -4.07. The first-order chi connectivity index (χ1) is 14.2. The lowest BCUT2D eigenvalue weighted by atomic mass is 10.0. The number of benzene rings is 1. The predicted octanol–water partition coefficient (Wildman–Crippen LogP) is 3.08. The molecule has 11 heteroatoms. The summed E-state index contributed by atoms with van der Waals surface area (Å²) in [7, 11) is -2.66. The molecular weight excluding hydrogens is 418 g/mol. The number of methoxy groups -OCH3 is 1. The Morgan fingerprint density at radius 3 is 2.60 bits per heavy atom. The van der Waals surface area contributed by atoms with Crippen LogP contribution in [0.5, 0.6) is 5.75 Å². The second kappa shape index (κ2) is 8.36. The minimum absolute atomic E-state index is 0.0297. The summed E-state index contributed by atoms with van der Waals surface area (Å²) >= 11 is 0. The van der Waals surface area contributed by atoms with E-state index >= 15 is 4.39 Å². The van der Waals surface area contributed by atoms with Crippen LogP contribution in [0.3, 0.4) is 0 Å². The summed E-state index contributed by atoms with van der Waals surface area (Å²) in [5, 5.41) is 0.312. The maximum absolute atomic E-state index is 15.1. The van der Waals surface area contributed by atoms with Gasteiger partial charge in [0.15, 0.2) is 5.82 Å². The molecule has 0 radical (unpaired) electrons. The quantitative estimate of drug-likeness (QED) is 0.526. The smallest absolute Gasteiger partial charge is 0.301 e. The first-order valence-corrected chi connectivity index (χ1v) is 10.5. The van der Waals surface area contributed by atoms with Gasteiger partial charge in [0.25, 0.3) is 0 Å². The first-order valence-electron chi connectivity index (χ1n) is 9.05. The molecule has 160 valence electrons. The highest BCUT2D eigenvalue weighted by Crippen LogP contribution is 2.28. The molecule has 0 unspecified atom stereocenters. The van der Waals surface area contributed by atoms with Gasteiger partial charge in [0.1, 0.15) is 17.2 Å². The fourth-order valence-corrected chi connectivity index (χ4v) is 4.27. The number of ketones is 1. The zero-order chi connectivity index (χ0) is 22.1. The summed E-state index contributed by atoms with van der Waals surface area (Å²) in [6, 6.07) is 3.28. The largest absolute Gasteiger partial charge is 0.495 e. The lowest BCUT2D eigenvalue weighted by Crippen LogP contribution is -2.35. The van der Waals surface area contributed by atoms with E-state index in [0.29, 0.717) is 16.8 Å². The topological polar surface area (TPSA) is 104 Å². The molecule has 2 aromatic heterocycles. The number of nitrogens with one attached hydrogen (secondary N) is 2. The van der Waals surface area contributed by atoms with Crippen LogP contribution in [-0.4, -0.2) is 48.7 Å². The number of aromatic nitrogens is 2. The first kappa shape index (κ1) is 21.7. The highest BCUT2D eigenvalue weighted by Gasteiger charge is 2.27. The van der Waals surface area contributed by atoms with Crippen LogP contribution in [0.15, 0.2) is 30.6 Å². The summed E-state index contributed by atoms with van der Waals surface area (Å²) in [6.07, 6.45) is 2.71. The van der Waals surface area contributed by atoms with Gasteiger partial charge in [-0.2, -0.15) is 12.7 Å². The van der Waals surface area contributed by atoms with Gasteiger partial charge in [-0.05, 0) is 18.2 Å². The molecule has 30 heavy (non-hydrogen) atoms. The number of nitrogens with zero attached hydrogens (tertiary/aromatic N) is 2. The monoisotopic (exact) mass is 438 g/mol. The van der Waals surface area contributed by atoms with E-state index in [1.165, 1.54) is 25.6 Å². The Morgan fingerprint density at radius 2 is 1.97 bits per heavy atom. The number of H-pyrrole nitrogens is 1. The molecule has 0 aliphatic rings. The molecule has 3 rings (SSSR count). The van der Waals surface area contributed by atoms with Gasteiger partial charge < -0.3 is 9.72 Å². The van der Waals surface area contributed by atoms with Crippen molar-refractivity contribution in [3.63, 3.8) is 0 Å². The van der Waals surface area contributed by atoms with E-state index in [1.807, 2.05) is 0 Å². The Balaban J connectivity index is 2.07. The molecule has 3 aromatic rings. The molecule has 0 fully saturated rings. The van der Waals surface area contributed by atoms with Crippen molar-refractivity contribution in [2.75, 3.05) is 24.9 Å². The van der Waals surface area contributed by atoms with Crippen molar-refractivity contribution < 1.29 is 26.7 Å². The van der Waals surface area contributed by atoms with E-state index in [4.69, 9.17) is 4.74 Å². The number of hydrogen-bond acceptors (Lipinski definition) is 5. The van der Waals surface area contributed by atoms with Crippen LogP contribution in [0, 0.1) is 11.6 Å². The standard InChI is InChI=1S/C19H20F2N4O4S/c1-4-25(5-2)30(27,28)24-15-7-6-14(20)16(17(15)21)18(26)13-10-23-19-12(13)8-11(29-3)9-22-19/h6-10,24H,4-5H2,1-3H3,(H,22,23). The van der Waals surface area contributed by atoms with Gasteiger partial charge in [0, 0.05) is 30.2 Å². The molecule has 2 heterocycles. The van der Waals surface area contributed by atoms with Crippen molar-refractivity contribution in [1.82, 2.24) is 14.3 Å². The summed E-state index contributed by atoms with van der Waals surface area (Å²) in [4.78, 5) is 19.8. The number of aromatic amines is 1. The van der Waals surface area contributed by atoms with E-state index in [2.05, 4.69) is 14.7 Å². The second-order valence-corrected chi connectivity index (χ2v) is 7.95. The molecule has 8 nitrogen and oxygen atoms in total. The molecule has 0 aliphatic heterocycles. The summed E-state index contributed by atoms with van der Waals surface area (Å²) < 4.78 is 62.5. The van der Waals surface area contributed by atoms with Gasteiger partial charge >= 0.3 is 10.2 Å². The van der Waals surface area contributed by atoms with Crippen LogP contribution >= 0.6 is 0 Å². The average molecular weight is 438 g/mol. The summed E-state index contributed by atoms with van der Waals surface area (Å²) in [5.41, 5.74) is -1.10. The van der Waals surface area contributed by atoms with Crippen LogP contribution in [-0.2, 0) is 10.2 Å². The van der Waals surface area contributed by atoms with Crippen LogP contribution in [0.1, 0.15) is 29.8 Å². The lowest BCUT2D eigenvalue weighted by molar-refractivity contribution is 0.103. The molecule has 0 atom stereocenters. The Hall–Kier alpha value is -3.05. The van der Waals surface area contributed by atoms with Crippen molar-refractivity contribution >= 4 is 32.7 Å². The summed E-state index contributed by atoms with van der Waals surface area (Å²) in [6.45, 7) is 3.56.